The Bertz CT molecular complexity index is 490. The maximum Gasteiger partial charge on any atom is 0.220 e. The van der Waals surface area contributed by atoms with E-state index in [0.717, 1.165) is 57.0 Å². The van der Waals surface area contributed by atoms with Gasteiger partial charge < -0.3 is 16.0 Å². The molecule has 3 rings (SSSR count). The lowest BCUT2D eigenvalue weighted by atomic mass is 9.95. The molecule has 0 spiro atoms. The van der Waals surface area contributed by atoms with E-state index in [1.807, 2.05) is 12.4 Å². The van der Waals surface area contributed by atoms with Crippen molar-refractivity contribution in [2.75, 3.05) is 31.1 Å². The number of primary amides is 1. The van der Waals surface area contributed by atoms with Crippen LogP contribution in [0.3, 0.4) is 0 Å². The molecule has 22 heavy (non-hydrogen) atoms. The maximum atomic E-state index is 11.2. The van der Waals surface area contributed by atoms with Gasteiger partial charge >= 0.3 is 0 Å². The van der Waals surface area contributed by atoms with Crippen LogP contribution >= 0.6 is 0 Å². The van der Waals surface area contributed by atoms with Crippen LogP contribution in [0.4, 0.5) is 5.82 Å². The number of aromatic nitrogens is 2. The maximum absolute atomic E-state index is 11.2. The molecule has 0 saturated carbocycles. The summed E-state index contributed by atoms with van der Waals surface area (Å²) in [4.78, 5) is 22.5. The number of carbonyl (C=O) groups excluding carboxylic acids is 1. The second-order valence-corrected chi connectivity index (χ2v) is 6.45. The minimum atomic E-state index is -0.179. The van der Waals surface area contributed by atoms with E-state index in [4.69, 9.17) is 5.73 Å². The summed E-state index contributed by atoms with van der Waals surface area (Å²) in [6.07, 6.45) is 8.94. The van der Waals surface area contributed by atoms with Gasteiger partial charge in [0.2, 0.25) is 5.91 Å². The van der Waals surface area contributed by atoms with E-state index < -0.39 is 0 Å². The van der Waals surface area contributed by atoms with Crippen molar-refractivity contribution in [3.8, 4) is 0 Å². The zero-order valence-corrected chi connectivity index (χ0v) is 13.0. The smallest absolute Gasteiger partial charge is 0.220 e. The quantitative estimate of drug-likeness (QED) is 0.856. The van der Waals surface area contributed by atoms with Crippen molar-refractivity contribution in [3.63, 3.8) is 0 Å². The third-order valence-corrected chi connectivity index (χ3v) is 4.81. The summed E-state index contributed by atoms with van der Waals surface area (Å²) in [5.74, 6) is 1.43. The zero-order chi connectivity index (χ0) is 15.4. The fraction of sp³-hybridized carbons (Fsp3) is 0.688. The first kappa shape index (κ1) is 15.2. The van der Waals surface area contributed by atoms with E-state index in [1.54, 1.807) is 0 Å². The summed E-state index contributed by atoms with van der Waals surface area (Å²) >= 11 is 0. The lowest BCUT2D eigenvalue weighted by Crippen LogP contribution is -2.39. The Balaban J connectivity index is 1.54. The minimum absolute atomic E-state index is 0.0160. The third kappa shape index (κ3) is 3.74. The summed E-state index contributed by atoms with van der Waals surface area (Å²) in [7, 11) is 0. The molecular weight excluding hydrogens is 278 g/mol. The summed E-state index contributed by atoms with van der Waals surface area (Å²) in [6, 6.07) is 0. The third-order valence-electron chi connectivity index (χ3n) is 4.81. The fourth-order valence-electron chi connectivity index (χ4n) is 3.40. The lowest BCUT2D eigenvalue weighted by Gasteiger charge is -2.31. The van der Waals surface area contributed by atoms with Crippen molar-refractivity contribution >= 4 is 11.7 Å². The standard InChI is InChI=1S/C16H25N5O/c17-16(22)13-3-6-21(7-4-13)15-11-19-14(10-20-15)8-12-2-1-5-18-9-12/h10-13,18H,1-9H2,(H2,17,22). The van der Waals surface area contributed by atoms with Crippen LogP contribution in [0.15, 0.2) is 12.4 Å². The number of anilines is 1. The Labute approximate surface area is 131 Å². The highest BCUT2D eigenvalue weighted by atomic mass is 16.1. The van der Waals surface area contributed by atoms with Gasteiger partial charge in [-0.1, -0.05) is 0 Å². The average molecular weight is 303 g/mol. The van der Waals surface area contributed by atoms with Crippen molar-refractivity contribution < 1.29 is 4.79 Å². The van der Waals surface area contributed by atoms with E-state index >= 15 is 0 Å². The van der Waals surface area contributed by atoms with Gasteiger partial charge in [-0.15, -0.1) is 0 Å². The molecule has 2 saturated heterocycles. The Morgan fingerprint density at radius 1 is 1.27 bits per heavy atom. The van der Waals surface area contributed by atoms with E-state index in [2.05, 4.69) is 20.2 Å². The van der Waals surface area contributed by atoms with Crippen LogP contribution < -0.4 is 16.0 Å². The number of rotatable bonds is 4. The highest BCUT2D eigenvalue weighted by Crippen LogP contribution is 2.21. The molecule has 0 radical (unpaired) electrons. The molecular formula is C16H25N5O. The summed E-state index contributed by atoms with van der Waals surface area (Å²) in [6.45, 7) is 3.88. The van der Waals surface area contributed by atoms with Gasteiger partial charge in [-0.3, -0.25) is 9.78 Å². The van der Waals surface area contributed by atoms with Crippen LogP contribution in [0, 0.1) is 11.8 Å². The molecule has 1 amide bonds. The molecule has 6 nitrogen and oxygen atoms in total. The number of nitrogens with two attached hydrogens (primary N) is 1. The van der Waals surface area contributed by atoms with Crippen LogP contribution in [0.5, 0.6) is 0 Å². The predicted molar refractivity (Wildman–Crippen MR) is 85.5 cm³/mol. The Morgan fingerprint density at radius 3 is 2.68 bits per heavy atom. The molecule has 3 N–H and O–H groups in total. The first-order valence-electron chi connectivity index (χ1n) is 8.28. The summed E-state index contributed by atoms with van der Waals surface area (Å²) < 4.78 is 0. The lowest BCUT2D eigenvalue weighted by molar-refractivity contribution is -0.122. The average Bonchev–Trinajstić information content (AvgIpc) is 2.57. The molecule has 0 aliphatic carbocycles. The minimum Gasteiger partial charge on any atom is -0.369 e. The molecule has 1 aromatic rings. The molecule has 1 aromatic heterocycles. The molecule has 0 aromatic carbocycles. The molecule has 6 heteroatoms. The van der Waals surface area contributed by atoms with Crippen LogP contribution in [-0.4, -0.2) is 42.1 Å². The largest absolute Gasteiger partial charge is 0.369 e. The number of nitrogens with zero attached hydrogens (tertiary/aromatic N) is 3. The Morgan fingerprint density at radius 2 is 2.09 bits per heavy atom. The van der Waals surface area contributed by atoms with Crippen molar-refractivity contribution in [1.29, 1.82) is 0 Å². The molecule has 3 heterocycles. The second kappa shape index (κ2) is 7.05. The van der Waals surface area contributed by atoms with E-state index in [9.17, 15) is 4.79 Å². The Hall–Kier alpha value is -1.69. The van der Waals surface area contributed by atoms with Gasteiger partial charge in [-0.2, -0.15) is 0 Å². The number of amides is 1. The second-order valence-electron chi connectivity index (χ2n) is 6.45. The highest BCUT2D eigenvalue weighted by Gasteiger charge is 2.24. The van der Waals surface area contributed by atoms with Gasteiger partial charge in [-0.05, 0) is 51.1 Å². The summed E-state index contributed by atoms with van der Waals surface area (Å²) in [5.41, 5.74) is 6.44. The zero-order valence-electron chi connectivity index (χ0n) is 13.0. The molecule has 1 unspecified atom stereocenters. The van der Waals surface area contributed by atoms with E-state index in [-0.39, 0.29) is 11.8 Å². The van der Waals surface area contributed by atoms with Gasteiger partial charge in [0.15, 0.2) is 0 Å². The van der Waals surface area contributed by atoms with Crippen molar-refractivity contribution in [1.82, 2.24) is 15.3 Å². The van der Waals surface area contributed by atoms with Gasteiger partial charge in [0.1, 0.15) is 5.82 Å². The highest BCUT2D eigenvalue weighted by molar-refractivity contribution is 5.76. The Kier molecular flexibility index (Phi) is 4.87. The molecule has 1 atom stereocenters. The first-order valence-corrected chi connectivity index (χ1v) is 8.28. The number of nitrogens with one attached hydrogen (secondary N) is 1. The van der Waals surface area contributed by atoms with Crippen molar-refractivity contribution in [2.24, 2.45) is 17.6 Å². The van der Waals surface area contributed by atoms with E-state index in [0.29, 0.717) is 5.92 Å². The normalized spacial score (nSPS) is 23.5. The predicted octanol–water partition coefficient (Wildman–Crippen LogP) is 0.720. The van der Waals surface area contributed by atoms with Crippen LogP contribution in [0.2, 0.25) is 0 Å². The molecule has 2 fully saturated rings. The molecule has 2 aliphatic heterocycles. The topological polar surface area (TPSA) is 84.1 Å². The monoisotopic (exact) mass is 303 g/mol. The fourth-order valence-corrected chi connectivity index (χ4v) is 3.40. The number of hydrogen-bond donors (Lipinski definition) is 2. The number of carbonyl (C=O) groups is 1. The van der Waals surface area contributed by atoms with Gasteiger partial charge in [0, 0.05) is 19.0 Å². The molecule has 0 bridgehead atoms. The molecule has 2 aliphatic rings. The van der Waals surface area contributed by atoms with Gasteiger partial charge in [-0.25, -0.2) is 4.98 Å². The van der Waals surface area contributed by atoms with E-state index in [1.165, 1.54) is 12.8 Å². The molecule has 120 valence electrons. The van der Waals surface area contributed by atoms with Gasteiger partial charge in [0.05, 0.1) is 18.1 Å². The van der Waals surface area contributed by atoms with Crippen LogP contribution in [0.25, 0.3) is 0 Å². The van der Waals surface area contributed by atoms with Crippen molar-refractivity contribution in [3.05, 3.63) is 18.1 Å². The SMILES string of the molecule is NC(=O)C1CCN(c2cnc(CC3CCCNC3)cn2)CC1. The van der Waals surface area contributed by atoms with Gasteiger partial charge in [0.25, 0.3) is 0 Å². The van der Waals surface area contributed by atoms with Crippen LogP contribution in [-0.2, 0) is 11.2 Å². The number of hydrogen-bond acceptors (Lipinski definition) is 5. The van der Waals surface area contributed by atoms with Crippen molar-refractivity contribution in [2.45, 2.75) is 32.1 Å². The first-order chi connectivity index (χ1) is 10.7. The number of piperidine rings is 2. The van der Waals surface area contributed by atoms with Crippen LogP contribution in [0.1, 0.15) is 31.4 Å². The summed E-state index contributed by atoms with van der Waals surface area (Å²) in [5, 5.41) is 3.44.